The molecule has 0 aliphatic heterocycles. The highest BCUT2D eigenvalue weighted by atomic mass is 35.5. The molecule has 0 aromatic heterocycles. The molecule has 4 rings (SSSR count). The molecule has 0 heterocycles. The van der Waals surface area contributed by atoms with E-state index in [1.54, 1.807) is 6.08 Å². The molecule has 3 nitrogen and oxygen atoms in total. The van der Waals surface area contributed by atoms with E-state index in [4.69, 9.17) is 11.6 Å². The van der Waals surface area contributed by atoms with Gasteiger partial charge in [0.25, 0.3) is 0 Å². The highest BCUT2D eigenvalue weighted by molar-refractivity contribution is 6.30. The molecule has 0 bridgehead atoms. The smallest absolute Gasteiger partial charge is 0.219 e. The van der Waals surface area contributed by atoms with Crippen molar-refractivity contribution in [3.05, 3.63) is 34.6 Å². The van der Waals surface area contributed by atoms with Gasteiger partial charge in [-0.05, 0) is 61.5 Å². The van der Waals surface area contributed by atoms with Crippen LogP contribution >= 0.6 is 11.6 Å². The third-order valence-electron chi connectivity index (χ3n) is 7.58. The standard InChI is InChI=1S/C20H25ClO3/c1-19-10-8-16(22)17(23)14(19)4-3-11-12-5-6-15(21)18(24)20(12,2)9-7-13(11)19/h6,8,10-13,18,23-24H,3-5,7,9H2,1-2H3/t11-,12-,13-,18?,19+,20-/m0/s1. The summed E-state index contributed by atoms with van der Waals surface area (Å²) in [6, 6.07) is 0. The SMILES string of the molecule is C[C@]12C=CC(=O)C(O)=C1CC[C@@H]1[C@@H]2CC[C@]2(C)C(O)C(Cl)=CC[C@@H]12. The molecule has 24 heavy (non-hydrogen) atoms. The van der Waals surface area contributed by atoms with Gasteiger partial charge < -0.3 is 10.2 Å². The molecule has 0 spiro atoms. The van der Waals surface area contributed by atoms with Gasteiger partial charge in [-0.15, -0.1) is 0 Å². The lowest BCUT2D eigenvalue weighted by molar-refractivity contribution is -0.115. The van der Waals surface area contributed by atoms with Crippen molar-refractivity contribution in [1.82, 2.24) is 0 Å². The molecular weight excluding hydrogens is 324 g/mol. The molecule has 2 N–H and O–H groups in total. The van der Waals surface area contributed by atoms with Crippen molar-refractivity contribution in [1.29, 1.82) is 0 Å². The molecule has 0 aromatic rings. The number of fused-ring (bicyclic) bond motifs is 5. The first-order valence-electron chi connectivity index (χ1n) is 8.99. The monoisotopic (exact) mass is 348 g/mol. The van der Waals surface area contributed by atoms with Crippen LogP contribution in [0.3, 0.4) is 0 Å². The summed E-state index contributed by atoms with van der Waals surface area (Å²) in [5, 5.41) is 21.6. The maximum absolute atomic E-state index is 11.9. The summed E-state index contributed by atoms with van der Waals surface area (Å²) in [5.41, 5.74) is 0.517. The van der Waals surface area contributed by atoms with E-state index in [2.05, 4.69) is 13.8 Å². The van der Waals surface area contributed by atoms with E-state index in [-0.39, 0.29) is 22.4 Å². The molecule has 2 fully saturated rings. The van der Waals surface area contributed by atoms with Crippen LogP contribution in [0, 0.1) is 28.6 Å². The van der Waals surface area contributed by atoms with Gasteiger partial charge in [0.1, 0.15) is 0 Å². The topological polar surface area (TPSA) is 57.5 Å². The number of rotatable bonds is 0. The van der Waals surface area contributed by atoms with Crippen molar-refractivity contribution in [2.45, 2.75) is 52.1 Å². The maximum Gasteiger partial charge on any atom is 0.219 e. The number of aliphatic hydroxyl groups excluding tert-OH is 2. The van der Waals surface area contributed by atoms with Crippen molar-refractivity contribution < 1.29 is 15.0 Å². The summed E-state index contributed by atoms with van der Waals surface area (Å²) < 4.78 is 0. The fraction of sp³-hybridized carbons (Fsp3) is 0.650. The normalized spacial score (nSPS) is 47.7. The summed E-state index contributed by atoms with van der Waals surface area (Å²) in [5.74, 6) is 1.00. The highest BCUT2D eigenvalue weighted by Crippen LogP contribution is 2.63. The first-order chi connectivity index (χ1) is 11.3. The predicted octanol–water partition coefficient (Wildman–Crippen LogP) is 4.27. The minimum absolute atomic E-state index is 0.0293. The Balaban J connectivity index is 1.74. The first kappa shape index (κ1) is 16.4. The lowest BCUT2D eigenvalue weighted by Gasteiger charge is -2.59. The average molecular weight is 349 g/mol. The van der Waals surface area contributed by atoms with E-state index in [0.29, 0.717) is 22.8 Å². The summed E-state index contributed by atoms with van der Waals surface area (Å²) >= 11 is 6.25. The van der Waals surface area contributed by atoms with Crippen LogP contribution in [-0.2, 0) is 4.79 Å². The molecule has 4 heteroatoms. The van der Waals surface area contributed by atoms with Crippen LogP contribution in [0.25, 0.3) is 0 Å². The van der Waals surface area contributed by atoms with Gasteiger partial charge in [-0.1, -0.05) is 37.6 Å². The van der Waals surface area contributed by atoms with E-state index in [1.807, 2.05) is 12.2 Å². The molecule has 6 atom stereocenters. The summed E-state index contributed by atoms with van der Waals surface area (Å²) in [7, 11) is 0. The number of carbonyl (C=O) groups excluding carboxylic acids is 1. The van der Waals surface area contributed by atoms with Gasteiger partial charge >= 0.3 is 0 Å². The van der Waals surface area contributed by atoms with Crippen molar-refractivity contribution in [2.24, 2.45) is 28.6 Å². The maximum atomic E-state index is 11.9. The first-order valence-corrected chi connectivity index (χ1v) is 9.36. The number of ketones is 1. The van der Waals surface area contributed by atoms with Crippen molar-refractivity contribution in [3.63, 3.8) is 0 Å². The molecular formula is C20H25ClO3. The largest absolute Gasteiger partial charge is 0.504 e. The average Bonchev–Trinajstić information content (AvgIpc) is 2.55. The molecule has 0 amide bonds. The Bertz CT molecular complexity index is 691. The zero-order chi connectivity index (χ0) is 17.3. The van der Waals surface area contributed by atoms with Crippen LogP contribution < -0.4 is 0 Å². The van der Waals surface area contributed by atoms with Gasteiger partial charge in [-0.3, -0.25) is 4.79 Å². The minimum Gasteiger partial charge on any atom is -0.504 e. The van der Waals surface area contributed by atoms with Gasteiger partial charge in [0.05, 0.1) is 6.10 Å². The summed E-state index contributed by atoms with van der Waals surface area (Å²) in [4.78, 5) is 11.9. The number of halogens is 1. The second-order valence-corrected chi connectivity index (χ2v) is 8.93. The van der Waals surface area contributed by atoms with Crippen LogP contribution in [-0.4, -0.2) is 22.1 Å². The van der Waals surface area contributed by atoms with Gasteiger partial charge in [-0.25, -0.2) is 0 Å². The predicted molar refractivity (Wildman–Crippen MR) is 93.5 cm³/mol. The lowest BCUT2D eigenvalue weighted by atomic mass is 9.46. The minimum atomic E-state index is -0.569. The fourth-order valence-electron chi connectivity index (χ4n) is 6.11. The van der Waals surface area contributed by atoms with Crippen LogP contribution in [0.1, 0.15) is 46.0 Å². The number of allylic oxidation sites excluding steroid dienone is 4. The third kappa shape index (κ3) is 1.97. The zero-order valence-corrected chi connectivity index (χ0v) is 15.0. The second-order valence-electron chi connectivity index (χ2n) is 8.49. The molecule has 130 valence electrons. The van der Waals surface area contributed by atoms with Crippen molar-refractivity contribution >= 4 is 17.4 Å². The van der Waals surface area contributed by atoms with Crippen molar-refractivity contribution in [3.8, 4) is 0 Å². The zero-order valence-electron chi connectivity index (χ0n) is 14.3. The lowest BCUT2D eigenvalue weighted by Crippen LogP contribution is -2.54. The Labute approximate surface area is 148 Å². The Kier molecular flexibility index (Phi) is 3.57. The van der Waals surface area contributed by atoms with Gasteiger partial charge in [0.15, 0.2) is 5.76 Å². The van der Waals surface area contributed by atoms with E-state index in [9.17, 15) is 15.0 Å². The van der Waals surface area contributed by atoms with E-state index in [1.165, 1.54) is 0 Å². The Morgan fingerprint density at radius 2 is 2.00 bits per heavy atom. The molecule has 4 aliphatic carbocycles. The molecule has 1 unspecified atom stereocenters. The molecule has 0 radical (unpaired) electrons. The van der Waals surface area contributed by atoms with Gasteiger partial charge in [0.2, 0.25) is 5.78 Å². The van der Waals surface area contributed by atoms with Crippen LogP contribution in [0.5, 0.6) is 0 Å². The highest BCUT2D eigenvalue weighted by Gasteiger charge is 2.57. The second kappa shape index (κ2) is 5.22. The Hall–Kier alpha value is -1.06. The van der Waals surface area contributed by atoms with Crippen LogP contribution in [0.15, 0.2) is 34.6 Å². The van der Waals surface area contributed by atoms with Crippen LogP contribution in [0.2, 0.25) is 0 Å². The van der Waals surface area contributed by atoms with Gasteiger partial charge in [0, 0.05) is 15.9 Å². The number of hydrogen-bond acceptors (Lipinski definition) is 3. The quantitative estimate of drug-likeness (QED) is 0.687. The molecule has 0 aromatic carbocycles. The van der Waals surface area contributed by atoms with E-state index in [0.717, 1.165) is 37.7 Å². The van der Waals surface area contributed by atoms with Gasteiger partial charge in [-0.2, -0.15) is 0 Å². The van der Waals surface area contributed by atoms with E-state index < -0.39 is 6.10 Å². The third-order valence-corrected chi connectivity index (χ3v) is 7.94. The van der Waals surface area contributed by atoms with Crippen molar-refractivity contribution in [2.75, 3.05) is 0 Å². The molecule has 0 saturated heterocycles. The summed E-state index contributed by atoms with van der Waals surface area (Å²) in [6.45, 7) is 4.35. The van der Waals surface area contributed by atoms with Crippen LogP contribution in [0.4, 0.5) is 0 Å². The van der Waals surface area contributed by atoms with E-state index >= 15 is 0 Å². The Morgan fingerprint density at radius 3 is 2.75 bits per heavy atom. The number of hydrogen-bond donors (Lipinski definition) is 2. The Morgan fingerprint density at radius 1 is 1.25 bits per heavy atom. The number of aliphatic hydroxyl groups is 2. The molecule has 4 aliphatic rings. The fourth-order valence-corrected chi connectivity index (χ4v) is 6.45. The summed E-state index contributed by atoms with van der Waals surface area (Å²) in [6.07, 6.45) is 9.55. The number of carbonyl (C=O) groups is 1. The molecule has 2 saturated carbocycles.